The minimum atomic E-state index is -0.327. The van der Waals surface area contributed by atoms with Gasteiger partial charge in [-0.3, -0.25) is 4.79 Å². The third-order valence-corrected chi connectivity index (χ3v) is 3.85. The van der Waals surface area contributed by atoms with Crippen molar-refractivity contribution in [2.24, 2.45) is 0 Å². The van der Waals surface area contributed by atoms with E-state index in [1.807, 2.05) is 0 Å². The summed E-state index contributed by atoms with van der Waals surface area (Å²) in [4.78, 5) is 12.7. The summed E-state index contributed by atoms with van der Waals surface area (Å²) in [5.41, 5.74) is 1.54. The van der Waals surface area contributed by atoms with Gasteiger partial charge in [0.2, 0.25) is 5.75 Å². The molecule has 0 amide bonds. The van der Waals surface area contributed by atoms with E-state index in [1.165, 1.54) is 26.0 Å². The Kier molecular flexibility index (Phi) is 4.61. The molecule has 6 nitrogen and oxygen atoms in total. The summed E-state index contributed by atoms with van der Waals surface area (Å²) in [7, 11) is 4.49. The zero-order chi connectivity index (χ0) is 16.4. The lowest BCUT2D eigenvalue weighted by Gasteiger charge is -2.13. The van der Waals surface area contributed by atoms with Crippen molar-refractivity contribution in [1.82, 2.24) is 9.78 Å². The molecular weight excluding hydrogens is 308 g/mol. The average molecular weight is 325 g/mol. The number of carbonyl (C=O) groups is 1. The molecule has 22 heavy (non-hydrogen) atoms. The maximum absolute atomic E-state index is 12.7. The van der Waals surface area contributed by atoms with Crippen LogP contribution in [0.4, 0.5) is 0 Å². The topological polar surface area (TPSA) is 62.6 Å². The molecule has 0 saturated heterocycles. The van der Waals surface area contributed by atoms with E-state index in [4.69, 9.17) is 25.8 Å². The molecule has 2 rings (SSSR count). The average Bonchev–Trinajstić information content (AvgIpc) is 2.80. The van der Waals surface area contributed by atoms with Crippen LogP contribution in [0.25, 0.3) is 0 Å². The Hall–Kier alpha value is -2.21. The monoisotopic (exact) mass is 324 g/mol. The minimum absolute atomic E-state index is 0.327. The molecule has 7 heteroatoms. The molecule has 1 aromatic heterocycles. The number of hydrogen-bond acceptors (Lipinski definition) is 5. The number of benzene rings is 1. The van der Waals surface area contributed by atoms with Crippen LogP contribution in [0.2, 0.25) is 5.02 Å². The number of halogens is 1. The van der Waals surface area contributed by atoms with Gasteiger partial charge < -0.3 is 14.2 Å². The maximum atomic E-state index is 12.7. The van der Waals surface area contributed by atoms with E-state index >= 15 is 0 Å². The first-order valence-corrected chi connectivity index (χ1v) is 6.88. The van der Waals surface area contributed by atoms with Crippen molar-refractivity contribution in [2.45, 2.75) is 13.8 Å². The van der Waals surface area contributed by atoms with E-state index < -0.39 is 0 Å². The molecule has 0 spiro atoms. The van der Waals surface area contributed by atoms with E-state index in [0.717, 1.165) is 0 Å². The normalized spacial score (nSPS) is 10.5. The number of rotatable bonds is 4. The lowest BCUT2D eigenvalue weighted by molar-refractivity contribution is 0.0941. The van der Waals surface area contributed by atoms with E-state index in [1.54, 1.807) is 26.0 Å². The van der Waals surface area contributed by atoms with Gasteiger partial charge in [0.15, 0.2) is 11.5 Å². The maximum Gasteiger partial charge on any atom is 0.278 e. The highest BCUT2D eigenvalue weighted by atomic mass is 35.5. The molecule has 0 fully saturated rings. The second-order valence-corrected chi connectivity index (χ2v) is 4.99. The number of methoxy groups -OCH3 is 3. The van der Waals surface area contributed by atoms with Gasteiger partial charge in [-0.2, -0.15) is 9.78 Å². The summed E-state index contributed by atoms with van der Waals surface area (Å²) in [5, 5.41) is 4.63. The van der Waals surface area contributed by atoms with Crippen molar-refractivity contribution in [1.29, 1.82) is 0 Å². The van der Waals surface area contributed by atoms with Gasteiger partial charge in [0.05, 0.1) is 37.7 Å². The Morgan fingerprint density at radius 3 is 2.00 bits per heavy atom. The molecule has 0 bridgehead atoms. The molecule has 0 radical (unpaired) electrons. The number of aryl methyl sites for hydroxylation is 1. The predicted octanol–water partition coefficient (Wildman–Crippen LogP) is 2.87. The smallest absolute Gasteiger partial charge is 0.278 e. The molecular formula is C15H17ClN2O4. The van der Waals surface area contributed by atoms with Crippen molar-refractivity contribution >= 4 is 17.5 Å². The molecule has 0 aliphatic rings. The molecule has 1 heterocycles. The summed E-state index contributed by atoms with van der Waals surface area (Å²) < 4.78 is 17.0. The van der Waals surface area contributed by atoms with Crippen molar-refractivity contribution in [3.8, 4) is 17.2 Å². The fourth-order valence-corrected chi connectivity index (χ4v) is 2.27. The lowest BCUT2D eigenvalue weighted by Crippen LogP contribution is -2.15. The van der Waals surface area contributed by atoms with Crippen molar-refractivity contribution in [3.05, 3.63) is 34.1 Å². The molecule has 0 atom stereocenters. The fraction of sp³-hybridized carbons (Fsp3) is 0.333. The highest BCUT2D eigenvalue weighted by Crippen LogP contribution is 2.38. The highest BCUT2D eigenvalue weighted by molar-refractivity contribution is 6.32. The van der Waals surface area contributed by atoms with Crippen LogP contribution in [0, 0.1) is 13.8 Å². The summed E-state index contributed by atoms with van der Waals surface area (Å²) in [6, 6.07) is 3.15. The second-order valence-electron chi connectivity index (χ2n) is 4.62. The molecule has 2 aromatic rings. The van der Waals surface area contributed by atoms with Crippen LogP contribution in [0.1, 0.15) is 21.7 Å². The van der Waals surface area contributed by atoms with Gasteiger partial charge in [-0.05, 0) is 26.0 Å². The van der Waals surface area contributed by atoms with Gasteiger partial charge in [0.25, 0.3) is 5.91 Å². The Labute approximate surface area is 133 Å². The lowest BCUT2D eigenvalue weighted by atomic mass is 10.1. The van der Waals surface area contributed by atoms with Crippen LogP contribution in [-0.4, -0.2) is 37.0 Å². The largest absolute Gasteiger partial charge is 0.493 e. The minimum Gasteiger partial charge on any atom is -0.493 e. The molecule has 0 N–H and O–H groups in total. The van der Waals surface area contributed by atoms with Crippen molar-refractivity contribution in [2.75, 3.05) is 21.3 Å². The quantitative estimate of drug-likeness (QED) is 0.865. The van der Waals surface area contributed by atoms with Crippen LogP contribution >= 0.6 is 11.6 Å². The van der Waals surface area contributed by atoms with Crippen LogP contribution in [0.3, 0.4) is 0 Å². The molecule has 0 aliphatic heterocycles. The van der Waals surface area contributed by atoms with Crippen molar-refractivity contribution < 1.29 is 19.0 Å². The first kappa shape index (κ1) is 16.2. The Morgan fingerprint density at radius 2 is 1.64 bits per heavy atom. The van der Waals surface area contributed by atoms with Gasteiger partial charge in [-0.15, -0.1) is 0 Å². The molecule has 1 aromatic carbocycles. The van der Waals surface area contributed by atoms with E-state index in [2.05, 4.69) is 5.10 Å². The van der Waals surface area contributed by atoms with Gasteiger partial charge in [0.1, 0.15) is 0 Å². The van der Waals surface area contributed by atoms with Gasteiger partial charge >= 0.3 is 0 Å². The van der Waals surface area contributed by atoms with Crippen LogP contribution < -0.4 is 14.2 Å². The highest BCUT2D eigenvalue weighted by Gasteiger charge is 2.21. The molecule has 0 saturated carbocycles. The summed E-state index contributed by atoms with van der Waals surface area (Å²) in [6.07, 6.45) is 0. The summed E-state index contributed by atoms with van der Waals surface area (Å²) >= 11 is 6.09. The Balaban J connectivity index is 2.56. The van der Waals surface area contributed by atoms with E-state index in [0.29, 0.717) is 39.2 Å². The number of carbonyl (C=O) groups excluding carboxylic acids is 1. The Bertz CT molecular complexity index is 700. The number of nitrogens with zero attached hydrogens (tertiary/aromatic N) is 2. The van der Waals surface area contributed by atoms with E-state index in [9.17, 15) is 4.79 Å². The number of aromatic nitrogens is 2. The Morgan fingerprint density at radius 1 is 1.09 bits per heavy atom. The zero-order valence-corrected chi connectivity index (χ0v) is 13.8. The summed E-state index contributed by atoms with van der Waals surface area (Å²) in [5.74, 6) is 0.898. The van der Waals surface area contributed by atoms with Crippen LogP contribution in [0.15, 0.2) is 12.1 Å². The van der Waals surface area contributed by atoms with Crippen LogP contribution in [-0.2, 0) is 0 Å². The number of hydrogen-bond donors (Lipinski definition) is 0. The van der Waals surface area contributed by atoms with Crippen molar-refractivity contribution in [3.63, 3.8) is 0 Å². The van der Waals surface area contributed by atoms with Crippen LogP contribution in [0.5, 0.6) is 17.2 Å². The summed E-state index contributed by atoms with van der Waals surface area (Å²) in [6.45, 7) is 3.48. The second kappa shape index (κ2) is 6.27. The van der Waals surface area contributed by atoms with Gasteiger partial charge in [0, 0.05) is 5.56 Å². The van der Waals surface area contributed by atoms with Gasteiger partial charge in [-0.25, -0.2) is 0 Å². The molecule has 0 unspecified atom stereocenters. The first-order valence-electron chi connectivity index (χ1n) is 6.51. The predicted molar refractivity (Wildman–Crippen MR) is 82.5 cm³/mol. The zero-order valence-electron chi connectivity index (χ0n) is 13.1. The SMILES string of the molecule is COc1cc(C(=O)n2nc(C)c(Cl)c2C)cc(OC)c1OC. The molecule has 0 aliphatic carbocycles. The molecule has 118 valence electrons. The standard InChI is InChI=1S/C15H17ClN2O4/c1-8-13(16)9(2)18(17-8)15(19)10-6-11(20-3)14(22-5)12(7-10)21-4/h6-7H,1-5H3. The number of ether oxygens (including phenoxy) is 3. The third kappa shape index (κ3) is 2.62. The van der Waals surface area contributed by atoms with Gasteiger partial charge in [-0.1, -0.05) is 11.6 Å². The fourth-order valence-electron chi connectivity index (χ4n) is 2.15. The first-order chi connectivity index (χ1) is 10.4. The van der Waals surface area contributed by atoms with E-state index in [-0.39, 0.29) is 5.91 Å². The third-order valence-electron chi connectivity index (χ3n) is 3.31.